The van der Waals surface area contributed by atoms with Crippen LogP contribution in [0.25, 0.3) is 0 Å². The second kappa shape index (κ2) is 5.98. The van der Waals surface area contributed by atoms with E-state index in [0.29, 0.717) is 6.54 Å². The van der Waals surface area contributed by atoms with Crippen molar-refractivity contribution < 1.29 is 0 Å². The van der Waals surface area contributed by atoms with Crippen molar-refractivity contribution in [2.45, 2.75) is 19.3 Å². The number of anilines is 2. The molecule has 0 spiro atoms. The van der Waals surface area contributed by atoms with Crippen molar-refractivity contribution in [1.82, 2.24) is 0 Å². The van der Waals surface area contributed by atoms with Crippen molar-refractivity contribution >= 4 is 27.3 Å². The van der Waals surface area contributed by atoms with Crippen LogP contribution in [0.3, 0.4) is 0 Å². The fraction of sp³-hybridized carbons (Fsp3) is 0.294. The molecular weight excluding hydrogens is 312 g/mol. The molecule has 0 aliphatic carbocycles. The average molecular weight is 331 g/mol. The van der Waals surface area contributed by atoms with Crippen molar-refractivity contribution in [2.75, 3.05) is 18.0 Å². The van der Waals surface area contributed by atoms with Crippen LogP contribution in [0.15, 0.2) is 46.9 Å². The first-order valence-corrected chi connectivity index (χ1v) is 7.93. The fourth-order valence-corrected chi connectivity index (χ4v) is 3.37. The van der Waals surface area contributed by atoms with Crippen molar-refractivity contribution in [2.24, 2.45) is 5.73 Å². The standard InChI is InChI=1S/C17H19BrN2/c18-15-7-8-17(14(12-15)9-10-19)20-11-3-5-13-4-1-2-6-16(13)20/h1-2,4,6-8,12H,3,5,9-11,19H2. The van der Waals surface area contributed by atoms with Gasteiger partial charge in [-0.05, 0) is 61.2 Å². The zero-order valence-corrected chi connectivity index (χ0v) is 13.1. The van der Waals surface area contributed by atoms with E-state index in [1.165, 1.54) is 35.3 Å². The molecule has 0 fully saturated rings. The summed E-state index contributed by atoms with van der Waals surface area (Å²) in [5, 5.41) is 0. The van der Waals surface area contributed by atoms with Gasteiger partial charge >= 0.3 is 0 Å². The number of hydrogen-bond donors (Lipinski definition) is 1. The van der Waals surface area contributed by atoms with E-state index in [2.05, 4.69) is 63.3 Å². The molecule has 0 amide bonds. The molecule has 0 unspecified atom stereocenters. The van der Waals surface area contributed by atoms with E-state index < -0.39 is 0 Å². The molecular formula is C17H19BrN2. The number of nitrogens with zero attached hydrogens (tertiary/aromatic N) is 1. The summed E-state index contributed by atoms with van der Waals surface area (Å²) in [6.07, 6.45) is 3.29. The van der Waals surface area contributed by atoms with Gasteiger partial charge in [-0.25, -0.2) is 0 Å². The Balaban J connectivity index is 2.06. The van der Waals surface area contributed by atoms with Gasteiger partial charge in [-0.15, -0.1) is 0 Å². The molecule has 0 saturated heterocycles. The van der Waals surface area contributed by atoms with Crippen LogP contribution < -0.4 is 10.6 Å². The van der Waals surface area contributed by atoms with E-state index >= 15 is 0 Å². The maximum Gasteiger partial charge on any atom is 0.0444 e. The quantitative estimate of drug-likeness (QED) is 0.920. The molecule has 20 heavy (non-hydrogen) atoms. The Bertz CT molecular complexity index is 610. The number of aryl methyl sites for hydroxylation is 1. The van der Waals surface area contributed by atoms with Gasteiger partial charge in [0.2, 0.25) is 0 Å². The highest BCUT2D eigenvalue weighted by atomic mass is 79.9. The minimum atomic E-state index is 0.680. The van der Waals surface area contributed by atoms with Crippen molar-refractivity contribution in [3.05, 3.63) is 58.1 Å². The molecule has 3 rings (SSSR count). The molecule has 0 radical (unpaired) electrons. The van der Waals surface area contributed by atoms with Crippen LogP contribution in [-0.2, 0) is 12.8 Å². The zero-order chi connectivity index (χ0) is 13.9. The van der Waals surface area contributed by atoms with E-state index in [4.69, 9.17) is 5.73 Å². The molecule has 0 aromatic heterocycles. The zero-order valence-electron chi connectivity index (χ0n) is 11.5. The van der Waals surface area contributed by atoms with Crippen LogP contribution in [0.2, 0.25) is 0 Å². The lowest BCUT2D eigenvalue weighted by atomic mass is 9.99. The summed E-state index contributed by atoms with van der Waals surface area (Å²) in [6, 6.07) is 15.2. The summed E-state index contributed by atoms with van der Waals surface area (Å²) >= 11 is 3.56. The minimum absolute atomic E-state index is 0.680. The Morgan fingerprint density at radius 1 is 1.10 bits per heavy atom. The summed E-state index contributed by atoms with van der Waals surface area (Å²) in [5.41, 5.74) is 11.2. The van der Waals surface area contributed by atoms with Crippen LogP contribution in [-0.4, -0.2) is 13.1 Å². The lowest BCUT2D eigenvalue weighted by Crippen LogP contribution is -2.25. The summed E-state index contributed by atoms with van der Waals surface area (Å²) < 4.78 is 1.12. The van der Waals surface area contributed by atoms with Gasteiger partial charge in [0.15, 0.2) is 0 Å². The Morgan fingerprint density at radius 2 is 1.95 bits per heavy atom. The van der Waals surface area contributed by atoms with Crippen LogP contribution in [0, 0.1) is 0 Å². The summed E-state index contributed by atoms with van der Waals surface area (Å²) in [7, 11) is 0. The van der Waals surface area contributed by atoms with Crippen molar-refractivity contribution in [3.8, 4) is 0 Å². The largest absolute Gasteiger partial charge is 0.341 e. The third-order valence-electron chi connectivity index (χ3n) is 3.86. The van der Waals surface area contributed by atoms with E-state index in [9.17, 15) is 0 Å². The maximum atomic E-state index is 5.77. The Kier molecular flexibility index (Phi) is 4.08. The molecule has 2 N–H and O–H groups in total. The van der Waals surface area contributed by atoms with Crippen LogP contribution in [0.5, 0.6) is 0 Å². The Morgan fingerprint density at radius 3 is 2.80 bits per heavy atom. The highest BCUT2D eigenvalue weighted by molar-refractivity contribution is 9.10. The number of rotatable bonds is 3. The predicted octanol–water partition coefficient (Wildman–Crippen LogP) is 4.03. The van der Waals surface area contributed by atoms with Gasteiger partial charge in [0, 0.05) is 22.4 Å². The number of benzene rings is 2. The summed E-state index contributed by atoms with van der Waals surface area (Å²) in [6.45, 7) is 1.76. The predicted molar refractivity (Wildman–Crippen MR) is 88.7 cm³/mol. The first-order chi connectivity index (χ1) is 9.79. The molecule has 104 valence electrons. The number of halogens is 1. The number of nitrogens with two attached hydrogens (primary N) is 1. The Hall–Kier alpha value is -1.32. The first-order valence-electron chi connectivity index (χ1n) is 7.13. The van der Waals surface area contributed by atoms with Gasteiger partial charge in [-0.1, -0.05) is 34.1 Å². The lowest BCUT2D eigenvalue weighted by molar-refractivity contribution is 0.762. The Labute approximate surface area is 128 Å². The molecule has 0 atom stereocenters. The number of fused-ring (bicyclic) bond motifs is 1. The second-order valence-electron chi connectivity index (χ2n) is 5.20. The molecule has 0 bridgehead atoms. The molecule has 2 nitrogen and oxygen atoms in total. The van der Waals surface area contributed by atoms with E-state index in [0.717, 1.165) is 17.4 Å². The van der Waals surface area contributed by atoms with Crippen LogP contribution >= 0.6 is 15.9 Å². The summed E-state index contributed by atoms with van der Waals surface area (Å²) in [5.74, 6) is 0. The third kappa shape index (κ3) is 2.60. The highest BCUT2D eigenvalue weighted by Crippen LogP contribution is 2.36. The van der Waals surface area contributed by atoms with E-state index in [-0.39, 0.29) is 0 Å². The van der Waals surface area contributed by atoms with Gasteiger partial charge in [0.25, 0.3) is 0 Å². The molecule has 0 saturated carbocycles. The maximum absolute atomic E-state index is 5.77. The van der Waals surface area contributed by atoms with E-state index in [1.807, 2.05) is 0 Å². The molecule has 1 aliphatic rings. The van der Waals surface area contributed by atoms with Gasteiger partial charge in [-0.3, -0.25) is 0 Å². The molecule has 2 aromatic carbocycles. The highest BCUT2D eigenvalue weighted by Gasteiger charge is 2.19. The first kappa shape index (κ1) is 13.7. The molecule has 2 aromatic rings. The number of hydrogen-bond acceptors (Lipinski definition) is 2. The average Bonchev–Trinajstić information content (AvgIpc) is 2.47. The summed E-state index contributed by atoms with van der Waals surface area (Å²) in [4.78, 5) is 2.44. The van der Waals surface area contributed by atoms with Crippen LogP contribution in [0.4, 0.5) is 11.4 Å². The molecule has 3 heteroatoms. The monoisotopic (exact) mass is 330 g/mol. The second-order valence-corrected chi connectivity index (χ2v) is 6.11. The number of para-hydroxylation sites is 1. The van der Waals surface area contributed by atoms with Gasteiger partial charge in [0.1, 0.15) is 0 Å². The topological polar surface area (TPSA) is 29.3 Å². The smallest absolute Gasteiger partial charge is 0.0444 e. The molecule has 1 heterocycles. The van der Waals surface area contributed by atoms with Crippen molar-refractivity contribution in [3.63, 3.8) is 0 Å². The third-order valence-corrected chi connectivity index (χ3v) is 4.35. The van der Waals surface area contributed by atoms with Gasteiger partial charge < -0.3 is 10.6 Å². The normalized spacial score (nSPS) is 14.2. The minimum Gasteiger partial charge on any atom is -0.341 e. The lowest BCUT2D eigenvalue weighted by Gasteiger charge is -2.33. The fourth-order valence-electron chi connectivity index (χ4n) is 2.96. The van der Waals surface area contributed by atoms with Crippen molar-refractivity contribution in [1.29, 1.82) is 0 Å². The van der Waals surface area contributed by atoms with Gasteiger partial charge in [0.05, 0.1) is 0 Å². The molecule has 1 aliphatic heterocycles. The van der Waals surface area contributed by atoms with Gasteiger partial charge in [-0.2, -0.15) is 0 Å². The van der Waals surface area contributed by atoms with E-state index in [1.54, 1.807) is 0 Å². The SMILES string of the molecule is NCCc1cc(Br)ccc1N1CCCc2ccccc21. The van der Waals surface area contributed by atoms with Crippen LogP contribution in [0.1, 0.15) is 17.5 Å².